The number of fused-ring (bicyclic) bond motifs is 1. The van der Waals surface area contributed by atoms with Gasteiger partial charge in [-0.3, -0.25) is 9.78 Å². The number of pyridine rings is 1. The molecule has 3 aromatic rings. The van der Waals surface area contributed by atoms with E-state index < -0.39 is 5.91 Å². The van der Waals surface area contributed by atoms with Crippen LogP contribution in [0.5, 0.6) is 17.2 Å². The van der Waals surface area contributed by atoms with Crippen LogP contribution in [0.1, 0.15) is 5.56 Å². The molecular weight excluding hydrogens is 334 g/mol. The van der Waals surface area contributed by atoms with Crippen LogP contribution in [-0.4, -0.2) is 35.9 Å². The fourth-order valence-electron chi connectivity index (χ4n) is 2.35. The molecule has 0 saturated heterocycles. The Morgan fingerprint density at radius 1 is 1.19 bits per heavy atom. The maximum Gasteiger partial charge on any atom is 0.277 e. The number of ether oxygens (including phenoxy) is 2. The lowest BCUT2D eigenvalue weighted by molar-refractivity contribution is -0.123. The summed E-state index contributed by atoms with van der Waals surface area (Å²) < 4.78 is 10.5. The first-order valence-corrected chi connectivity index (χ1v) is 7.83. The molecule has 3 rings (SSSR count). The quantitative estimate of drug-likeness (QED) is 0.526. The van der Waals surface area contributed by atoms with Gasteiger partial charge in [-0.25, -0.2) is 5.43 Å². The zero-order chi connectivity index (χ0) is 18.4. The van der Waals surface area contributed by atoms with Gasteiger partial charge >= 0.3 is 0 Å². The molecular formula is C19H17N3O4. The second-order valence-corrected chi connectivity index (χ2v) is 5.31. The summed E-state index contributed by atoms with van der Waals surface area (Å²) in [6.45, 7) is -0.211. The number of rotatable bonds is 6. The van der Waals surface area contributed by atoms with Crippen molar-refractivity contribution in [1.29, 1.82) is 0 Å². The van der Waals surface area contributed by atoms with E-state index in [-0.39, 0.29) is 12.4 Å². The maximum atomic E-state index is 11.9. The highest BCUT2D eigenvalue weighted by Crippen LogP contribution is 2.28. The van der Waals surface area contributed by atoms with Gasteiger partial charge in [0, 0.05) is 17.1 Å². The first kappa shape index (κ1) is 17.2. The lowest BCUT2D eigenvalue weighted by atomic mass is 10.2. The molecule has 0 aliphatic rings. The Morgan fingerprint density at radius 2 is 1.96 bits per heavy atom. The summed E-state index contributed by atoms with van der Waals surface area (Å²) in [5, 5.41) is 14.7. The van der Waals surface area contributed by atoms with E-state index in [1.807, 2.05) is 24.3 Å². The molecule has 0 unspecified atom stereocenters. The molecule has 7 heteroatoms. The molecule has 1 aromatic heterocycles. The highest BCUT2D eigenvalue weighted by molar-refractivity contribution is 5.87. The molecule has 0 fully saturated rings. The standard InChI is InChI=1S/C19H17N3O4/c1-25-16-9-3-6-14(19(16)24)11-21-22-17(23)12-26-15-8-2-5-13-7-4-10-20-18(13)15/h2-11,24H,12H2,1H3,(H,22,23)/b21-11-. The summed E-state index contributed by atoms with van der Waals surface area (Å²) in [6, 6.07) is 14.2. The molecule has 0 radical (unpaired) electrons. The van der Waals surface area contributed by atoms with Crippen LogP contribution in [0.4, 0.5) is 0 Å². The molecule has 0 saturated carbocycles. The van der Waals surface area contributed by atoms with E-state index in [0.29, 0.717) is 22.6 Å². The minimum absolute atomic E-state index is 0.0499. The van der Waals surface area contributed by atoms with Crippen LogP contribution in [0.15, 0.2) is 59.8 Å². The van der Waals surface area contributed by atoms with E-state index in [1.165, 1.54) is 13.3 Å². The van der Waals surface area contributed by atoms with Gasteiger partial charge in [0.1, 0.15) is 11.3 Å². The number of nitrogens with one attached hydrogen (secondary N) is 1. The van der Waals surface area contributed by atoms with Crippen molar-refractivity contribution in [3.63, 3.8) is 0 Å². The van der Waals surface area contributed by atoms with E-state index in [1.54, 1.807) is 30.5 Å². The third kappa shape index (κ3) is 3.89. The first-order chi connectivity index (χ1) is 12.7. The zero-order valence-corrected chi connectivity index (χ0v) is 14.0. The summed E-state index contributed by atoms with van der Waals surface area (Å²) in [6.07, 6.45) is 3.00. The molecule has 0 aliphatic heterocycles. The van der Waals surface area contributed by atoms with Crippen LogP contribution in [0.25, 0.3) is 10.9 Å². The molecule has 0 atom stereocenters. The number of amides is 1. The lowest BCUT2D eigenvalue weighted by Gasteiger charge is -2.07. The zero-order valence-electron chi connectivity index (χ0n) is 14.0. The van der Waals surface area contributed by atoms with Gasteiger partial charge in [0.2, 0.25) is 0 Å². The number of para-hydroxylation sites is 2. The monoisotopic (exact) mass is 351 g/mol. The largest absolute Gasteiger partial charge is 0.504 e. The number of nitrogens with zero attached hydrogens (tertiary/aromatic N) is 2. The van der Waals surface area contributed by atoms with Crippen LogP contribution in [0.2, 0.25) is 0 Å². The Morgan fingerprint density at radius 3 is 2.81 bits per heavy atom. The topological polar surface area (TPSA) is 93.0 Å². The van der Waals surface area contributed by atoms with Crippen LogP contribution >= 0.6 is 0 Å². The van der Waals surface area contributed by atoms with Crippen LogP contribution < -0.4 is 14.9 Å². The molecule has 7 nitrogen and oxygen atoms in total. The van der Waals surface area contributed by atoms with Gasteiger partial charge in [0.15, 0.2) is 18.1 Å². The van der Waals surface area contributed by atoms with Crippen molar-refractivity contribution in [1.82, 2.24) is 10.4 Å². The van der Waals surface area contributed by atoms with Gasteiger partial charge in [-0.2, -0.15) is 5.10 Å². The molecule has 1 heterocycles. The SMILES string of the molecule is COc1cccc(/C=N\NC(=O)COc2cccc3cccnc23)c1O. The molecule has 2 N–H and O–H groups in total. The van der Waals surface area contributed by atoms with Gasteiger partial charge in [-0.15, -0.1) is 0 Å². The Kier molecular flexibility index (Phi) is 5.28. The highest BCUT2D eigenvalue weighted by atomic mass is 16.5. The van der Waals surface area contributed by atoms with E-state index in [2.05, 4.69) is 15.5 Å². The van der Waals surface area contributed by atoms with Gasteiger partial charge in [-0.05, 0) is 24.3 Å². The predicted molar refractivity (Wildman–Crippen MR) is 97.6 cm³/mol. The summed E-state index contributed by atoms with van der Waals surface area (Å²) in [5.41, 5.74) is 3.46. The highest BCUT2D eigenvalue weighted by Gasteiger charge is 2.07. The number of phenols is 1. The van der Waals surface area contributed by atoms with Crippen molar-refractivity contribution in [2.45, 2.75) is 0 Å². The van der Waals surface area contributed by atoms with Crippen LogP contribution in [0, 0.1) is 0 Å². The summed E-state index contributed by atoms with van der Waals surface area (Å²) in [4.78, 5) is 16.2. The normalized spacial score (nSPS) is 10.8. The van der Waals surface area contributed by atoms with Gasteiger partial charge in [0.25, 0.3) is 5.91 Å². The summed E-state index contributed by atoms with van der Waals surface area (Å²) in [7, 11) is 1.46. The second kappa shape index (κ2) is 7.98. The minimum atomic E-state index is -0.434. The number of aromatic hydroxyl groups is 1. The number of hydrogen-bond acceptors (Lipinski definition) is 6. The second-order valence-electron chi connectivity index (χ2n) is 5.31. The molecule has 132 valence electrons. The number of methoxy groups -OCH3 is 1. The fraction of sp³-hybridized carbons (Fsp3) is 0.105. The van der Waals surface area contributed by atoms with Gasteiger partial charge in [-0.1, -0.05) is 24.3 Å². The number of carbonyl (C=O) groups is 1. The smallest absolute Gasteiger partial charge is 0.277 e. The third-order valence-electron chi connectivity index (χ3n) is 3.60. The maximum absolute atomic E-state index is 11.9. The summed E-state index contributed by atoms with van der Waals surface area (Å²) in [5.74, 6) is 0.363. The van der Waals surface area contributed by atoms with Crippen molar-refractivity contribution in [3.8, 4) is 17.2 Å². The molecule has 1 amide bonds. The predicted octanol–water partition coefficient (Wildman–Crippen LogP) is 2.48. The average Bonchev–Trinajstić information content (AvgIpc) is 2.67. The van der Waals surface area contributed by atoms with Gasteiger partial charge in [0.05, 0.1) is 13.3 Å². The number of hydrazone groups is 1. The Bertz CT molecular complexity index is 951. The lowest BCUT2D eigenvalue weighted by Crippen LogP contribution is -2.24. The van der Waals surface area contributed by atoms with E-state index >= 15 is 0 Å². The summed E-state index contributed by atoms with van der Waals surface area (Å²) >= 11 is 0. The first-order valence-electron chi connectivity index (χ1n) is 7.83. The van der Waals surface area contributed by atoms with Crippen molar-refractivity contribution in [2.75, 3.05) is 13.7 Å². The van der Waals surface area contributed by atoms with Gasteiger partial charge < -0.3 is 14.6 Å². The Balaban J connectivity index is 1.59. The van der Waals surface area contributed by atoms with E-state index in [4.69, 9.17) is 9.47 Å². The Labute approximate surface area is 149 Å². The number of carbonyl (C=O) groups excluding carboxylic acids is 1. The van der Waals surface area contributed by atoms with E-state index in [9.17, 15) is 9.90 Å². The van der Waals surface area contributed by atoms with Crippen molar-refractivity contribution < 1.29 is 19.4 Å². The fourth-order valence-corrected chi connectivity index (χ4v) is 2.35. The molecule has 0 spiro atoms. The van der Waals surface area contributed by atoms with Crippen LogP contribution in [0.3, 0.4) is 0 Å². The third-order valence-corrected chi connectivity index (χ3v) is 3.60. The minimum Gasteiger partial charge on any atom is -0.504 e. The number of benzene rings is 2. The van der Waals surface area contributed by atoms with Crippen molar-refractivity contribution in [2.24, 2.45) is 5.10 Å². The van der Waals surface area contributed by atoms with Crippen molar-refractivity contribution >= 4 is 23.0 Å². The Hall–Kier alpha value is -3.61. The molecule has 26 heavy (non-hydrogen) atoms. The molecule has 0 aliphatic carbocycles. The molecule has 2 aromatic carbocycles. The average molecular weight is 351 g/mol. The van der Waals surface area contributed by atoms with E-state index in [0.717, 1.165) is 5.39 Å². The van der Waals surface area contributed by atoms with Crippen molar-refractivity contribution in [3.05, 3.63) is 60.3 Å². The number of phenolic OH excluding ortho intramolecular Hbond substituents is 1. The molecule has 0 bridgehead atoms. The number of hydrogen-bond donors (Lipinski definition) is 2. The number of aromatic nitrogens is 1. The van der Waals surface area contributed by atoms with Crippen LogP contribution in [-0.2, 0) is 4.79 Å².